The maximum atomic E-state index is 13.0. The molecule has 0 fully saturated rings. The van der Waals surface area contributed by atoms with E-state index in [0.717, 1.165) is 46.2 Å². The number of aromatic nitrogens is 3. The lowest BCUT2D eigenvalue weighted by molar-refractivity contribution is 0.627. The van der Waals surface area contributed by atoms with Crippen LogP contribution in [0.3, 0.4) is 0 Å². The molecule has 2 N–H and O–H groups in total. The van der Waals surface area contributed by atoms with Crippen molar-refractivity contribution in [1.82, 2.24) is 15.0 Å². The Bertz CT molecular complexity index is 1360. The first kappa shape index (κ1) is 21.6. The van der Waals surface area contributed by atoms with Crippen LogP contribution in [-0.4, -0.2) is 22.0 Å². The van der Waals surface area contributed by atoms with Crippen LogP contribution in [0.2, 0.25) is 0 Å². The fraction of sp³-hybridized carbons (Fsp3) is 0.143. The Morgan fingerprint density at radius 2 is 1.53 bits per heavy atom. The molecular formula is C28H26FN5. The monoisotopic (exact) mass is 451 g/mol. The Morgan fingerprint density at radius 1 is 0.794 bits per heavy atom. The smallest absolute Gasteiger partial charge is 0.179 e. The molecule has 0 atom stereocenters. The minimum Gasteiger partial charge on any atom is -0.381 e. The van der Waals surface area contributed by atoms with E-state index in [9.17, 15) is 4.39 Å². The molecule has 2 heterocycles. The van der Waals surface area contributed by atoms with Crippen molar-refractivity contribution in [3.8, 4) is 0 Å². The van der Waals surface area contributed by atoms with Crippen LogP contribution in [0.5, 0.6) is 0 Å². The lowest BCUT2D eigenvalue weighted by atomic mass is 10.1. The minimum atomic E-state index is -0.218. The molecule has 0 spiro atoms. The third-order valence-corrected chi connectivity index (χ3v) is 5.77. The zero-order valence-corrected chi connectivity index (χ0v) is 19.0. The summed E-state index contributed by atoms with van der Waals surface area (Å²) in [6.45, 7) is 1.44. The number of anilines is 2. The van der Waals surface area contributed by atoms with Crippen molar-refractivity contribution in [1.29, 1.82) is 0 Å². The molecule has 5 aromatic rings. The summed E-state index contributed by atoms with van der Waals surface area (Å²) in [7, 11) is 2.04. The molecule has 2 aromatic heterocycles. The number of hydrogen-bond acceptors (Lipinski definition) is 4. The summed E-state index contributed by atoms with van der Waals surface area (Å²) in [4.78, 5) is 15.0. The van der Waals surface area contributed by atoms with E-state index >= 15 is 0 Å². The van der Waals surface area contributed by atoms with E-state index in [2.05, 4.69) is 51.6 Å². The Morgan fingerprint density at radius 3 is 2.29 bits per heavy atom. The summed E-state index contributed by atoms with van der Waals surface area (Å²) >= 11 is 0. The molecule has 170 valence electrons. The largest absolute Gasteiger partial charge is 0.381 e. The SMILES string of the molecule is CN(Cc1ccccc1)c1ccc2[nH]c(Cc3ccc(NCc4ccc(F)cc4)cc3)nc2n1. The highest BCUT2D eigenvalue weighted by Gasteiger charge is 2.09. The average molecular weight is 452 g/mol. The van der Waals surface area contributed by atoms with Crippen LogP contribution in [0, 0.1) is 5.82 Å². The quantitative estimate of drug-likeness (QED) is 0.307. The number of pyridine rings is 1. The molecule has 3 aromatic carbocycles. The van der Waals surface area contributed by atoms with Gasteiger partial charge in [-0.15, -0.1) is 0 Å². The first-order chi connectivity index (χ1) is 16.6. The lowest BCUT2D eigenvalue weighted by Crippen LogP contribution is -2.17. The summed E-state index contributed by atoms with van der Waals surface area (Å²) in [6.07, 6.45) is 0.698. The van der Waals surface area contributed by atoms with Crippen molar-refractivity contribution in [2.45, 2.75) is 19.5 Å². The van der Waals surface area contributed by atoms with Crippen LogP contribution in [0.25, 0.3) is 11.2 Å². The highest BCUT2D eigenvalue weighted by atomic mass is 19.1. The molecule has 0 radical (unpaired) electrons. The number of fused-ring (bicyclic) bond motifs is 1. The molecule has 0 saturated carbocycles. The molecule has 0 amide bonds. The van der Waals surface area contributed by atoms with Gasteiger partial charge in [-0.1, -0.05) is 54.6 Å². The molecule has 0 saturated heterocycles. The normalized spacial score (nSPS) is 11.0. The molecule has 5 rings (SSSR count). The lowest BCUT2D eigenvalue weighted by Gasteiger charge is -2.17. The number of nitrogens with one attached hydrogen (secondary N) is 2. The third kappa shape index (κ3) is 5.23. The second-order valence-corrected chi connectivity index (χ2v) is 8.42. The molecule has 6 heteroatoms. The highest BCUT2D eigenvalue weighted by molar-refractivity contribution is 5.73. The van der Waals surface area contributed by atoms with E-state index in [4.69, 9.17) is 9.97 Å². The second-order valence-electron chi connectivity index (χ2n) is 8.42. The topological polar surface area (TPSA) is 56.8 Å². The number of H-pyrrole nitrogens is 1. The van der Waals surface area contributed by atoms with Gasteiger partial charge in [0.05, 0.1) is 5.52 Å². The van der Waals surface area contributed by atoms with Crippen LogP contribution in [-0.2, 0) is 19.5 Å². The summed E-state index contributed by atoms with van der Waals surface area (Å²) in [5.41, 5.74) is 6.12. The van der Waals surface area contributed by atoms with Crippen molar-refractivity contribution in [2.24, 2.45) is 0 Å². The Kier molecular flexibility index (Phi) is 6.21. The standard InChI is InChI=1S/C28H26FN5/c1-34(19-22-5-3-2-4-6-22)27-16-15-25-28(33-27)32-26(31-25)17-20-9-13-24(14-10-20)30-18-21-7-11-23(29)12-8-21/h2-16,30H,17-19H2,1H3,(H,31,32,33). The Hall–Kier alpha value is -4.19. The van der Waals surface area contributed by atoms with Gasteiger partial charge in [0.25, 0.3) is 0 Å². The Labute approximate surface area is 198 Å². The van der Waals surface area contributed by atoms with Crippen molar-refractivity contribution >= 4 is 22.7 Å². The van der Waals surface area contributed by atoms with Gasteiger partial charge in [-0.05, 0) is 53.1 Å². The number of nitrogens with zero attached hydrogens (tertiary/aromatic N) is 3. The summed E-state index contributed by atoms with van der Waals surface area (Å²) < 4.78 is 13.0. The van der Waals surface area contributed by atoms with E-state index in [1.54, 1.807) is 12.1 Å². The van der Waals surface area contributed by atoms with Crippen LogP contribution in [0.1, 0.15) is 22.5 Å². The van der Waals surface area contributed by atoms with Gasteiger partial charge in [0.2, 0.25) is 0 Å². The minimum absolute atomic E-state index is 0.218. The van der Waals surface area contributed by atoms with Gasteiger partial charge in [-0.2, -0.15) is 0 Å². The predicted octanol–water partition coefficient (Wildman–Crippen LogP) is 5.94. The van der Waals surface area contributed by atoms with Gasteiger partial charge in [0, 0.05) is 32.2 Å². The number of benzene rings is 3. The predicted molar refractivity (Wildman–Crippen MR) is 135 cm³/mol. The second kappa shape index (κ2) is 9.75. The number of imidazole rings is 1. The van der Waals surface area contributed by atoms with Gasteiger partial charge < -0.3 is 15.2 Å². The van der Waals surface area contributed by atoms with Gasteiger partial charge >= 0.3 is 0 Å². The first-order valence-electron chi connectivity index (χ1n) is 11.3. The van der Waals surface area contributed by atoms with Gasteiger partial charge in [-0.25, -0.2) is 14.4 Å². The van der Waals surface area contributed by atoms with Gasteiger partial charge in [0.15, 0.2) is 5.65 Å². The van der Waals surface area contributed by atoms with Crippen LogP contribution in [0.4, 0.5) is 15.9 Å². The molecular weight excluding hydrogens is 425 g/mol. The van der Waals surface area contributed by atoms with Crippen LogP contribution in [0.15, 0.2) is 91.0 Å². The maximum Gasteiger partial charge on any atom is 0.179 e. The first-order valence-corrected chi connectivity index (χ1v) is 11.3. The van der Waals surface area contributed by atoms with Gasteiger partial charge in [0.1, 0.15) is 17.5 Å². The zero-order valence-electron chi connectivity index (χ0n) is 19.0. The number of aromatic amines is 1. The maximum absolute atomic E-state index is 13.0. The highest BCUT2D eigenvalue weighted by Crippen LogP contribution is 2.19. The van der Waals surface area contributed by atoms with Crippen molar-refractivity contribution in [2.75, 3.05) is 17.3 Å². The van der Waals surface area contributed by atoms with E-state index in [-0.39, 0.29) is 5.82 Å². The van der Waals surface area contributed by atoms with Gasteiger partial charge in [-0.3, -0.25) is 0 Å². The number of halogens is 1. The fourth-order valence-electron chi connectivity index (χ4n) is 3.91. The number of rotatable bonds is 8. The molecule has 0 unspecified atom stereocenters. The summed E-state index contributed by atoms with van der Waals surface area (Å²) in [5, 5.41) is 3.37. The molecule has 0 aliphatic rings. The van der Waals surface area contributed by atoms with Crippen LogP contribution < -0.4 is 10.2 Å². The molecule has 0 aliphatic carbocycles. The van der Waals surface area contributed by atoms with E-state index in [0.29, 0.717) is 13.0 Å². The third-order valence-electron chi connectivity index (χ3n) is 5.77. The van der Waals surface area contributed by atoms with Crippen molar-refractivity contribution < 1.29 is 4.39 Å². The molecule has 34 heavy (non-hydrogen) atoms. The summed E-state index contributed by atoms with van der Waals surface area (Å²) in [6, 6.07) is 29.2. The fourth-order valence-corrected chi connectivity index (χ4v) is 3.91. The molecule has 5 nitrogen and oxygen atoms in total. The average Bonchev–Trinajstić information content (AvgIpc) is 3.27. The van der Waals surface area contributed by atoms with E-state index < -0.39 is 0 Å². The van der Waals surface area contributed by atoms with Crippen molar-refractivity contribution in [3.05, 3.63) is 119 Å². The zero-order chi connectivity index (χ0) is 23.3. The van der Waals surface area contributed by atoms with Crippen molar-refractivity contribution in [3.63, 3.8) is 0 Å². The summed E-state index contributed by atoms with van der Waals surface area (Å²) in [5.74, 6) is 1.56. The van der Waals surface area contributed by atoms with Crippen LogP contribution >= 0.6 is 0 Å². The van der Waals surface area contributed by atoms with E-state index in [1.165, 1.54) is 17.7 Å². The molecule has 0 bridgehead atoms. The van der Waals surface area contributed by atoms with E-state index in [1.807, 2.05) is 37.4 Å². The number of hydrogen-bond donors (Lipinski definition) is 2. The molecule has 0 aliphatic heterocycles. The Balaban J connectivity index is 1.22.